The van der Waals surface area contributed by atoms with Crippen molar-refractivity contribution in [3.63, 3.8) is 0 Å². The van der Waals surface area contributed by atoms with Crippen LogP contribution >= 0.6 is 11.8 Å². The second-order valence-corrected chi connectivity index (χ2v) is 11.9. The van der Waals surface area contributed by atoms with Gasteiger partial charge in [0, 0.05) is 30.6 Å². The molecular weight excluding hydrogens is 478 g/mol. The van der Waals surface area contributed by atoms with E-state index in [0.717, 1.165) is 0 Å². The van der Waals surface area contributed by atoms with E-state index < -0.39 is 33.4 Å². The molecule has 1 spiro atoms. The van der Waals surface area contributed by atoms with E-state index in [9.17, 15) is 19.5 Å². The van der Waals surface area contributed by atoms with Gasteiger partial charge in [0.25, 0.3) is 5.91 Å². The highest BCUT2D eigenvalue weighted by Gasteiger charge is 2.74. The lowest BCUT2D eigenvalue weighted by Crippen LogP contribution is -2.56. The molecule has 0 aromatic heterocycles. The zero-order chi connectivity index (χ0) is 25.8. The van der Waals surface area contributed by atoms with Crippen molar-refractivity contribution in [2.24, 2.45) is 11.8 Å². The van der Waals surface area contributed by atoms with Gasteiger partial charge in [-0.25, -0.2) is 0 Å². The molecule has 4 heterocycles. The van der Waals surface area contributed by atoms with Crippen LogP contribution in [-0.2, 0) is 14.4 Å². The lowest BCUT2D eigenvalue weighted by atomic mass is 9.74. The summed E-state index contributed by atoms with van der Waals surface area (Å²) < 4.78 is 3.72. The number of aliphatic hydroxyl groups excluding tert-OH is 1. The number of thioether (sulfide) groups is 1. The molecule has 4 aliphatic heterocycles. The molecule has 1 unspecified atom stereocenters. The van der Waals surface area contributed by atoms with Gasteiger partial charge in [-0.05, 0) is 37.6 Å². The molecule has 0 saturated carbocycles. The maximum Gasteiger partial charge on any atom is 0.251 e. The van der Waals surface area contributed by atoms with Crippen LogP contribution in [0.2, 0.25) is 0 Å². The van der Waals surface area contributed by atoms with Crippen LogP contribution in [0.4, 0.5) is 5.69 Å². The van der Waals surface area contributed by atoms with E-state index in [2.05, 4.69) is 0 Å². The molecule has 0 bridgehead atoms. The minimum Gasteiger partial charge on any atom is -0.497 e. The highest BCUT2D eigenvalue weighted by molar-refractivity contribution is 8.02. The van der Waals surface area contributed by atoms with Crippen molar-refractivity contribution in [3.05, 3.63) is 48.6 Å². The van der Waals surface area contributed by atoms with Crippen LogP contribution in [-0.4, -0.2) is 88.1 Å². The van der Waals surface area contributed by atoms with Crippen molar-refractivity contribution in [1.29, 1.82) is 0 Å². The predicted molar refractivity (Wildman–Crippen MR) is 139 cm³/mol. The van der Waals surface area contributed by atoms with Crippen molar-refractivity contribution in [1.82, 2.24) is 9.80 Å². The van der Waals surface area contributed by atoms with E-state index in [4.69, 9.17) is 4.74 Å². The molecule has 1 N–H and O–H groups in total. The van der Waals surface area contributed by atoms with Crippen LogP contribution in [0, 0.1) is 11.8 Å². The van der Waals surface area contributed by atoms with Crippen LogP contribution in [0.1, 0.15) is 20.3 Å². The molecule has 1 aromatic rings. The molecule has 9 heteroatoms. The van der Waals surface area contributed by atoms with Crippen LogP contribution in [0.25, 0.3) is 0 Å². The Morgan fingerprint density at radius 1 is 1.06 bits per heavy atom. The molecule has 36 heavy (non-hydrogen) atoms. The van der Waals surface area contributed by atoms with Crippen LogP contribution in [0.5, 0.6) is 5.75 Å². The van der Waals surface area contributed by atoms with Gasteiger partial charge in [0.2, 0.25) is 11.8 Å². The van der Waals surface area contributed by atoms with Gasteiger partial charge in [0.15, 0.2) is 0 Å². The molecular formula is C27H33N3O5S. The van der Waals surface area contributed by atoms with Gasteiger partial charge in [-0.3, -0.25) is 14.4 Å². The Hall–Kier alpha value is -2.78. The lowest BCUT2D eigenvalue weighted by Gasteiger charge is -2.39. The molecule has 2 saturated heterocycles. The Bertz CT molecular complexity index is 1130. The van der Waals surface area contributed by atoms with Crippen molar-refractivity contribution >= 4 is 35.2 Å². The number of carbonyl (C=O) groups excluding carboxylic acids is 3. The summed E-state index contributed by atoms with van der Waals surface area (Å²) in [4.78, 5) is 47.2. The summed E-state index contributed by atoms with van der Waals surface area (Å²) in [5.74, 6) is -1.14. The number of anilines is 1. The van der Waals surface area contributed by atoms with Crippen molar-refractivity contribution in [2.45, 2.75) is 41.8 Å². The third-order valence-corrected chi connectivity index (χ3v) is 9.95. The number of ether oxygens (including phenoxy) is 1. The number of aliphatic hydroxyl groups is 1. The van der Waals surface area contributed by atoms with Gasteiger partial charge in [-0.1, -0.05) is 31.2 Å². The number of hydrogen-bond acceptors (Lipinski definition) is 6. The highest BCUT2D eigenvalue weighted by atomic mass is 32.2. The third kappa shape index (κ3) is 3.43. The number of rotatable bonds is 5. The standard InChI is InChI=1S/C27H33N3O5S/c1-5-17(16-31)30-22-25(34)29(18-8-10-19(35-4)11-9-18)15-7-13-27(22)21(24(30)33)20-23(32)28(3)14-6-12-26(20,2)36-27/h6-13,17,20-22,31H,5,14-16H2,1-4H3/t17-,20+,21-,22?,26-,27-/m0/s1. The maximum absolute atomic E-state index is 14.4. The van der Waals surface area contributed by atoms with E-state index in [1.165, 1.54) is 0 Å². The first-order chi connectivity index (χ1) is 17.2. The first-order valence-electron chi connectivity index (χ1n) is 12.4. The van der Waals surface area contributed by atoms with Crippen LogP contribution in [0.3, 0.4) is 0 Å². The second kappa shape index (κ2) is 8.95. The number of nitrogens with zero attached hydrogens (tertiary/aromatic N) is 3. The monoisotopic (exact) mass is 511 g/mol. The zero-order valence-electron chi connectivity index (χ0n) is 21.1. The Morgan fingerprint density at radius 3 is 2.39 bits per heavy atom. The van der Waals surface area contributed by atoms with Gasteiger partial charge in [-0.2, -0.15) is 0 Å². The Balaban J connectivity index is 1.66. The number of likely N-dealkylation sites (N-methyl/N-ethyl adjacent to an activating group) is 1. The summed E-state index contributed by atoms with van der Waals surface area (Å²) in [6, 6.07) is 5.92. The number of amides is 3. The first-order valence-corrected chi connectivity index (χ1v) is 13.2. The molecule has 3 amide bonds. The van der Waals surface area contributed by atoms with Gasteiger partial charge < -0.3 is 24.5 Å². The van der Waals surface area contributed by atoms with E-state index >= 15 is 0 Å². The SMILES string of the molecule is CC[C@@H](CO)N1C(=O)[C@@H]2[C@@H]3C(=O)N(C)CC=C[C@]3(C)S[C@@]23C=CCN(c2ccc(OC)cc2)C(=O)C13. The molecule has 4 aliphatic rings. The smallest absolute Gasteiger partial charge is 0.251 e. The fourth-order valence-electron chi connectivity index (χ4n) is 6.38. The highest BCUT2D eigenvalue weighted by Crippen LogP contribution is 2.65. The lowest BCUT2D eigenvalue weighted by molar-refractivity contribution is -0.144. The summed E-state index contributed by atoms with van der Waals surface area (Å²) in [6.07, 6.45) is 8.47. The first kappa shape index (κ1) is 24.9. The number of methoxy groups -OCH3 is 1. The molecule has 5 rings (SSSR count). The number of benzene rings is 1. The average molecular weight is 512 g/mol. The normalized spacial score (nSPS) is 34.3. The summed E-state index contributed by atoms with van der Waals surface area (Å²) in [6.45, 7) is 4.49. The molecule has 8 nitrogen and oxygen atoms in total. The topological polar surface area (TPSA) is 90.4 Å². The number of hydrogen-bond donors (Lipinski definition) is 1. The Kier molecular flexibility index (Phi) is 6.19. The average Bonchev–Trinajstić information content (AvgIpc) is 3.15. The zero-order valence-corrected chi connectivity index (χ0v) is 21.9. The second-order valence-electron chi connectivity index (χ2n) is 10.2. The van der Waals surface area contributed by atoms with Crippen molar-refractivity contribution in [2.75, 3.05) is 38.8 Å². The van der Waals surface area contributed by atoms with Crippen molar-refractivity contribution in [3.8, 4) is 5.75 Å². The molecule has 1 aromatic carbocycles. The molecule has 192 valence electrons. The summed E-state index contributed by atoms with van der Waals surface area (Å²) in [7, 11) is 3.35. The number of fused-ring (bicyclic) bond motifs is 2. The van der Waals surface area contributed by atoms with E-state index in [0.29, 0.717) is 30.9 Å². The van der Waals surface area contributed by atoms with Gasteiger partial charge in [0.05, 0.1) is 36.3 Å². The van der Waals surface area contributed by atoms with E-state index in [-0.39, 0.29) is 24.3 Å². The molecule has 0 aliphatic carbocycles. The largest absolute Gasteiger partial charge is 0.497 e. The minimum atomic E-state index is -0.921. The van der Waals surface area contributed by atoms with Gasteiger partial charge in [0.1, 0.15) is 11.8 Å². The Morgan fingerprint density at radius 2 is 1.75 bits per heavy atom. The fraction of sp³-hybridized carbons (Fsp3) is 0.519. The Labute approximate surface area is 215 Å². The van der Waals surface area contributed by atoms with E-state index in [1.54, 1.807) is 52.8 Å². The predicted octanol–water partition coefficient (Wildman–Crippen LogP) is 2.08. The summed E-state index contributed by atoms with van der Waals surface area (Å²) >= 11 is 1.55. The third-order valence-electron chi connectivity index (χ3n) is 8.16. The number of carbonyl (C=O) groups is 3. The van der Waals surface area contributed by atoms with Gasteiger partial charge in [-0.15, -0.1) is 11.8 Å². The minimum absolute atomic E-state index is 0.0834. The quantitative estimate of drug-likeness (QED) is 0.609. The van der Waals surface area contributed by atoms with E-state index in [1.807, 2.05) is 50.3 Å². The van der Waals surface area contributed by atoms with Gasteiger partial charge >= 0.3 is 0 Å². The molecule has 6 atom stereocenters. The van der Waals surface area contributed by atoms with Crippen molar-refractivity contribution < 1.29 is 24.2 Å². The number of likely N-dealkylation sites (tertiary alicyclic amines) is 1. The summed E-state index contributed by atoms with van der Waals surface area (Å²) in [5, 5.41) is 10.2. The molecule has 0 radical (unpaired) electrons. The van der Waals surface area contributed by atoms with Crippen LogP contribution in [0.15, 0.2) is 48.6 Å². The molecule has 2 fully saturated rings. The van der Waals surface area contributed by atoms with Crippen LogP contribution < -0.4 is 9.64 Å². The maximum atomic E-state index is 14.4. The fourth-order valence-corrected chi connectivity index (χ4v) is 8.53. The summed E-state index contributed by atoms with van der Waals surface area (Å²) in [5.41, 5.74) is 0.703.